The molecule has 0 aliphatic carbocycles. The van der Waals surface area contributed by atoms with Crippen LogP contribution in [0.4, 0.5) is 0 Å². The molecule has 3 aliphatic heterocycles. The number of aromatic nitrogens is 2. The summed E-state index contributed by atoms with van der Waals surface area (Å²) in [5.74, 6) is 0.0143. The summed E-state index contributed by atoms with van der Waals surface area (Å²) in [5, 5.41) is 5.48. The molecule has 6 nitrogen and oxygen atoms in total. The standard InChI is InChI=1S/C27H23N3O3/c1-29-14-19(17-6-2-4-8-20(17)29)24-25(27(32)33-26(24)31)23-18-7-3-5-9-21(18)30-13-16-12-28-11-15(16)10-22(23)30/h2-9,14-16,28H,10-13H2,1H3/t15-,16-/m1/s1. The van der Waals surface area contributed by atoms with Crippen LogP contribution in [0.2, 0.25) is 0 Å². The molecule has 33 heavy (non-hydrogen) atoms. The number of nitrogens with zero attached hydrogens (tertiary/aromatic N) is 2. The van der Waals surface area contributed by atoms with Crippen LogP contribution in [0, 0.1) is 11.8 Å². The van der Waals surface area contributed by atoms with Gasteiger partial charge in [-0.2, -0.15) is 0 Å². The largest absolute Gasteiger partial charge is 0.386 e. The van der Waals surface area contributed by atoms with Crippen molar-refractivity contribution in [3.05, 3.63) is 71.5 Å². The van der Waals surface area contributed by atoms with Crippen molar-refractivity contribution in [2.75, 3.05) is 13.1 Å². The minimum Gasteiger partial charge on any atom is -0.386 e. The van der Waals surface area contributed by atoms with Crippen LogP contribution in [-0.2, 0) is 34.3 Å². The molecular weight excluding hydrogens is 414 g/mol. The van der Waals surface area contributed by atoms with Crippen LogP contribution >= 0.6 is 0 Å². The highest BCUT2D eigenvalue weighted by Gasteiger charge is 2.42. The van der Waals surface area contributed by atoms with E-state index in [0.717, 1.165) is 64.7 Å². The van der Waals surface area contributed by atoms with Crippen LogP contribution in [-0.4, -0.2) is 34.2 Å². The molecule has 2 atom stereocenters. The van der Waals surface area contributed by atoms with E-state index in [1.54, 1.807) is 0 Å². The van der Waals surface area contributed by atoms with Crippen LogP contribution in [0.15, 0.2) is 54.7 Å². The first-order chi connectivity index (χ1) is 16.1. The third-order valence-corrected chi connectivity index (χ3v) is 7.69. The molecule has 4 aromatic rings. The number of para-hydroxylation sites is 2. The van der Waals surface area contributed by atoms with Crippen LogP contribution in [0.25, 0.3) is 33.0 Å². The van der Waals surface area contributed by atoms with E-state index in [4.69, 9.17) is 4.74 Å². The van der Waals surface area contributed by atoms with Gasteiger partial charge in [0.15, 0.2) is 0 Å². The average Bonchev–Trinajstić information content (AvgIpc) is 3.56. The third kappa shape index (κ3) is 2.52. The zero-order valence-corrected chi connectivity index (χ0v) is 18.3. The first-order valence-electron chi connectivity index (χ1n) is 11.5. The summed E-state index contributed by atoms with van der Waals surface area (Å²) < 4.78 is 9.62. The van der Waals surface area contributed by atoms with E-state index in [-0.39, 0.29) is 0 Å². The molecule has 2 aromatic carbocycles. The maximum Gasteiger partial charge on any atom is 0.347 e. The van der Waals surface area contributed by atoms with Crippen LogP contribution < -0.4 is 5.32 Å². The van der Waals surface area contributed by atoms with Crippen molar-refractivity contribution in [3.63, 3.8) is 0 Å². The summed E-state index contributed by atoms with van der Waals surface area (Å²) in [6.45, 7) is 2.94. The van der Waals surface area contributed by atoms with Gasteiger partial charge in [0.05, 0.1) is 11.1 Å². The summed E-state index contributed by atoms with van der Waals surface area (Å²) in [5.41, 5.74) is 5.67. The zero-order chi connectivity index (χ0) is 22.3. The molecule has 3 aliphatic rings. The van der Waals surface area contributed by atoms with Crippen LogP contribution in [0.1, 0.15) is 16.8 Å². The second-order valence-electron chi connectivity index (χ2n) is 9.43. The summed E-state index contributed by atoms with van der Waals surface area (Å²) >= 11 is 0. The number of rotatable bonds is 2. The molecule has 5 heterocycles. The summed E-state index contributed by atoms with van der Waals surface area (Å²) in [6.07, 6.45) is 2.82. The fourth-order valence-electron chi connectivity index (χ4n) is 6.18. The minimum absolute atomic E-state index is 0.377. The number of hydrogen-bond donors (Lipinski definition) is 1. The Labute approximate surface area is 190 Å². The molecule has 1 fully saturated rings. The molecule has 164 valence electrons. The van der Waals surface area contributed by atoms with E-state index >= 15 is 0 Å². The van der Waals surface area contributed by atoms with Gasteiger partial charge in [0, 0.05) is 58.4 Å². The van der Waals surface area contributed by atoms with Crippen LogP contribution in [0.3, 0.4) is 0 Å². The summed E-state index contributed by atoms with van der Waals surface area (Å²) in [7, 11) is 1.96. The zero-order valence-electron chi connectivity index (χ0n) is 18.3. The highest BCUT2D eigenvalue weighted by Crippen LogP contribution is 2.45. The van der Waals surface area contributed by atoms with Crippen molar-refractivity contribution in [1.82, 2.24) is 14.5 Å². The maximum absolute atomic E-state index is 13.2. The fraction of sp³-hybridized carbons (Fsp3) is 0.259. The highest BCUT2D eigenvalue weighted by molar-refractivity contribution is 6.47. The Morgan fingerprint density at radius 1 is 0.879 bits per heavy atom. The van der Waals surface area contributed by atoms with Crippen molar-refractivity contribution in [3.8, 4) is 0 Å². The number of hydrogen-bond acceptors (Lipinski definition) is 4. The lowest BCUT2D eigenvalue weighted by Gasteiger charge is -2.28. The predicted molar refractivity (Wildman–Crippen MR) is 126 cm³/mol. The molecular formula is C27H23N3O3. The Balaban J connectivity index is 1.56. The number of fused-ring (bicyclic) bond motifs is 5. The second-order valence-corrected chi connectivity index (χ2v) is 9.43. The Morgan fingerprint density at radius 3 is 2.42 bits per heavy atom. The number of esters is 2. The molecule has 0 radical (unpaired) electrons. The Morgan fingerprint density at radius 2 is 1.58 bits per heavy atom. The Hall–Kier alpha value is -3.64. The number of benzene rings is 2. The molecule has 0 saturated carbocycles. The number of aryl methyl sites for hydroxylation is 1. The monoisotopic (exact) mass is 437 g/mol. The Bertz CT molecular complexity index is 1540. The van der Waals surface area contributed by atoms with Crippen LogP contribution in [0.5, 0.6) is 0 Å². The van der Waals surface area contributed by atoms with Gasteiger partial charge in [-0.3, -0.25) is 0 Å². The van der Waals surface area contributed by atoms with E-state index < -0.39 is 11.9 Å². The molecule has 0 amide bonds. The van der Waals surface area contributed by atoms with Crippen molar-refractivity contribution < 1.29 is 14.3 Å². The molecule has 0 bridgehead atoms. The van der Waals surface area contributed by atoms with Crippen molar-refractivity contribution in [2.45, 2.75) is 13.0 Å². The van der Waals surface area contributed by atoms with Gasteiger partial charge in [0.1, 0.15) is 0 Å². The van der Waals surface area contributed by atoms with Gasteiger partial charge in [-0.15, -0.1) is 0 Å². The van der Waals surface area contributed by atoms with Crippen molar-refractivity contribution >= 4 is 44.9 Å². The number of nitrogens with one attached hydrogen (secondary N) is 1. The first kappa shape index (κ1) is 18.9. The average molecular weight is 437 g/mol. The Kier molecular flexibility index (Phi) is 3.82. The fourth-order valence-corrected chi connectivity index (χ4v) is 6.18. The predicted octanol–water partition coefficient (Wildman–Crippen LogP) is 3.52. The molecule has 2 aromatic heterocycles. The van der Waals surface area contributed by atoms with Crippen molar-refractivity contribution in [2.24, 2.45) is 18.9 Å². The topological polar surface area (TPSA) is 65.3 Å². The van der Waals surface area contributed by atoms with Gasteiger partial charge >= 0.3 is 11.9 Å². The number of ether oxygens (including phenoxy) is 1. The lowest BCUT2D eigenvalue weighted by atomic mass is 9.85. The molecule has 7 rings (SSSR count). The molecule has 1 N–H and O–H groups in total. The highest BCUT2D eigenvalue weighted by atomic mass is 16.6. The van der Waals surface area contributed by atoms with Gasteiger partial charge in [0.25, 0.3) is 0 Å². The number of carbonyl (C=O) groups is 2. The number of carbonyl (C=O) groups excluding carboxylic acids is 2. The maximum atomic E-state index is 13.2. The minimum atomic E-state index is -0.563. The van der Waals surface area contributed by atoms with Gasteiger partial charge in [-0.1, -0.05) is 36.4 Å². The van der Waals surface area contributed by atoms with Gasteiger partial charge in [-0.05, 0) is 43.5 Å². The van der Waals surface area contributed by atoms with Gasteiger partial charge in [-0.25, -0.2) is 9.59 Å². The molecule has 6 heteroatoms. The number of cyclic esters (lactones) is 2. The quantitative estimate of drug-likeness (QED) is 0.385. The molecule has 0 spiro atoms. The SMILES string of the molecule is Cn1cc(C2=C(c3c4n(c5ccccc35)C[C@H]3CNC[C@H]3C4)C(=O)OC2=O)c2ccccc21. The second kappa shape index (κ2) is 6.68. The third-order valence-electron chi connectivity index (χ3n) is 7.69. The summed E-state index contributed by atoms with van der Waals surface area (Å²) in [4.78, 5) is 26.3. The first-order valence-corrected chi connectivity index (χ1v) is 11.5. The van der Waals surface area contributed by atoms with E-state index in [1.807, 2.05) is 54.2 Å². The lowest BCUT2D eigenvalue weighted by molar-refractivity contribution is -0.149. The van der Waals surface area contributed by atoms with Gasteiger partial charge in [0.2, 0.25) is 0 Å². The van der Waals surface area contributed by atoms with E-state index in [9.17, 15) is 9.59 Å². The molecule has 1 saturated heterocycles. The van der Waals surface area contributed by atoms with Gasteiger partial charge < -0.3 is 19.2 Å². The summed E-state index contributed by atoms with van der Waals surface area (Å²) in [6, 6.07) is 16.2. The smallest absolute Gasteiger partial charge is 0.347 e. The van der Waals surface area contributed by atoms with Crippen molar-refractivity contribution in [1.29, 1.82) is 0 Å². The van der Waals surface area contributed by atoms with E-state index in [1.165, 1.54) is 0 Å². The lowest BCUT2D eigenvalue weighted by Crippen LogP contribution is -2.28. The van der Waals surface area contributed by atoms with E-state index in [0.29, 0.717) is 23.0 Å². The molecule has 0 unspecified atom stereocenters. The van der Waals surface area contributed by atoms with E-state index in [2.05, 4.69) is 22.0 Å². The normalized spacial score (nSPS) is 22.3.